The Morgan fingerprint density at radius 1 is 1.08 bits per heavy atom. The second kappa shape index (κ2) is 12.4. The smallest absolute Gasteiger partial charge is 0.203 e. The van der Waals surface area contributed by atoms with Gasteiger partial charge in [-0.25, -0.2) is 0 Å². The molecule has 2 N–H and O–H groups in total. The molecule has 0 aromatic heterocycles. The Kier molecular flexibility index (Phi) is 11.9. The van der Waals surface area contributed by atoms with Gasteiger partial charge >= 0.3 is 0 Å². The summed E-state index contributed by atoms with van der Waals surface area (Å²) in [5, 5.41) is 6.69. The van der Waals surface area contributed by atoms with Gasteiger partial charge in [0.05, 0.1) is 21.3 Å². The Bertz CT molecular complexity index is 583. The minimum atomic E-state index is 0. The van der Waals surface area contributed by atoms with E-state index in [0.29, 0.717) is 17.2 Å². The van der Waals surface area contributed by atoms with Crippen molar-refractivity contribution >= 4 is 41.7 Å². The van der Waals surface area contributed by atoms with Crippen LogP contribution in [0.1, 0.15) is 19.4 Å². The molecule has 0 aliphatic carbocycles. The molecule has 0 fully saturated rings. The molecule has 1 aromatic rings. The number of nitrogens with zero attached hydrogens (tertiary/aromatic N) is 1. The number of rotatable bonds is 9. The molecular formula is C18H32IN3O3S. The van der Waals surface area contributed by atoms with Crippen LogP contribution in [0.25, 0.3) is 0 Å². The SMILES string of the molecule is CN=C(NCCc1ccc(OC)c(OC)c1OC)NCC(C)(C)SC.I. The third-order valence-electron chi connectivity index (χ3n) is 3.93. The first-order valence-electron chi connectivity index (χ1n) is 8.20. The second-order valence-electron chi connectivity index (χ2n) is 6.06. The minimum Gasteiger partial charge on any atom is -0.493 e. The van der Waals surface area contributed by atoms with Gasteiger partial charge in [-0.2, -0.15) is 11.8 Å². The Hall–Kier alpha value is -1.03. The molecule has 6 nitrogen and oxygen atoms in total. The first kappa shape index (κ1) is 25.0. The Balaban J connectivity index is 0.00000625. The zero-order valence-electron chi connectivity index (χ0n) is 16.8. The standard InChI is InChI=1S/C18H31N3O3S.HI/c1-18(2,25-7)12-21-17(19-3)20-11-10-13-8-9-14(22-4)16(24-6)15(13)23-5;/h8-9H,10-12H2,1-7H3,(H2,19,20,21);1H. The number of thioether (sulfide) groups is 1. The number of benzene rings is 1. The Morgan fingerprint density at radius 3 is 2.23 bits per heavy atom. The average Bonchev–Trinajstić information content (AvgIpc) is 2.63. The number of halogens is 1. The molecule has 0 bridgehead atoms. The monoisotopic (exact) mass is 497 g/mol. The maximum absolute atomic E-state index is 5.52. The summed E-state index contributed by atoms with van der Waals surface area (Å²) in [6.07, 6.45) is 2.89. The van der Waals surface area contributed by atoms with Gasteiger partial charge in [0.2, 0.25) is 5.75 Å². The Morgan fingerprint density at radius 2 is 1.73 bits per heavy atom. The van der Waals surface area contributed by atoms with E-state index in [0.717, 1.165) is 31.0 Å². The van der Waals surface area contributed by atoms with E-state index in [-0.39, 0.29) is 28.7 Å². The van der Waals surface area contributed by atoms with Crippen LogP contribution in [0.4, 0.5) is 0 Å². The molecule has 0 aliphatic rings. The predicted octanol–water partition coefficient (Wildman–Crippen LogP) is 3.18. The zero-order chi connectivity index (χ0) is 18.9. The second-order valence-corrected chi connectivity index (χ2v) is 7.57. The van der Waals surface area contributed by atoms with Crippen LogP contribution < -0.4 is 24.8 Å². The highest BCUT2D eigenvalue weighted by Gasteiger charge is 2.17. The lowest BCUT2D eigenvalue weighted by molar-refractivity contribution is 0.322. The lowest BCUT2D eigenvalue weighted by atomic mass is 10.1. The lowest BCUT2D eigenvalue weighted by Crippen LogP contribution is -2.43. The van der Waals surface area contributed by atoms with Crippen molar-refractivity contribution in [3.63, 3.8) is 0 Å². The molecule has 0 spiro atoms. The molecule has 0 unspecified atom stereocenters. The molecule has 8 heteroatoms. The highest BCUT2D eigenvalue weighted by Crippen LogP contribution is 2.39. The molecule has 26 heavy (non-hydrogen) atoms. The molecule has 0 heterocycles. The number of hydrogen-bond donors (Lipinski definition) is 2. The van der Waals surface area contributed by atoms with Crippen LogP contribution in [0.5, 0.6) is 17.2 Å². The molecule has 0 atom stereocenters. The first-order chi connectivity index (χ1) is 11.9. The van der Waals surface area contributed by atoms with Crippen LogP contribution in [0, 0.1) is 0 Å². The van der Waals surface area contributed by atoms with E-state index in [9.17, 15) is 0 Å². The highest BCUT2D eigenvalue weighted by molar-refractivity contribution is 14.0. The Labute approximate surface area is 178 Å². The summed E-state index contributed by atoms with van der Waals surface area (Å²) >= 11 is 1.83. The van der Waals surface area contributed by atoms with Crippen molar-refractivity contribution in [2.75, 3.05) is 47.7 Å². The van der Waals surface area contributed by atoms with E-state index in [1.165, 1.54) is 0 Å². The van der Waals surface area contributed by atoms with Gasteiger partial charge in [-0.05, 0) is 32.6 Å². The fourth-order valence-electron chi connectivity index (χ4n) is 2.26. The van der Waals surface area contributed by atoms with Crippen molar-refractivity contribution in [3.05, 3.63) is 17.7 Å². The van der Waals surface area contributed by atoms with Gasteiger partial charge in [0.15, 0.2) is 17.5 Å². The number of ether oxygens (including phenoxy) is 3. The van der Waals surface area contributed by atoms with Gasteiger partial charge in [-0.3, -0.25) is 4.99 Å². The number of guanidine groups is 1. The highest BCUT2D eigenvalue weighted by atomic mass is 127. The maximum Gasteiger partial charge on any atom is 0.203 e. The number of aliphatic imine (C=N–C) groups is 1. The summed E-state index contributed by atoms with van der Waals surface area (Å²) < 4.78 is 16.4. The number of hydrogen-bond acceptors (Lipinski definition) is 5. The van der Waals surface area contributed by atoms with E-state index < -0.39 is 0 Å². The molecule has 1 rings (SSSR count). The van der Waals surface area contributed by atoms with Crippen molar-refractivity contribution in [2.45, 2.75) is 25.0 Å². The van der Waals surface area contributed by atoms with Crippen molar-refractivity contribution in [1.82, 2.24) is 10.6 Å². The van der Waals surface area contributed by atoms with Crippen molar-refractivity contribution in [3.8, 4) is 17.2 Å². The fourth-order valence-corrected chi connectivity index (χ4v) is 2.48. The van der Waals surface area contributed by atoms with Gasteiger partial charge in [0, 0.05) is 30.4 Å². The molecule has 0 saturated carbocycles. The van der Waals surface area contributed by atoms with Gasteiger partial charge in [-0.15, -0.1) is 24.0 Å². The summed E-state index contributed by atoms with van der Waals surface area (Å²) in [6, 6.07) is 3.89. The summed E-state index contributed by atoms with van der Waals surface area (Å²) in [6.45, 7) is 5.97. The molecule has 0 radical (unpaired) electrons. The number of methoxy groups -OCH3 is 3. The van der Waals surface area contributed by atoms with E-state index in [1.807, 2.05) is 23.9 Å². The third kappa shape index (κ3) is 7.30. The van der Waals surface area contributed by atoms with Crippen LogP contribution in [0.15, 0.2) is 17.1 Å². The van der Waals surface area contributed by atoms with Gasteiger partial charge in [-0.1, -0.05) is 6.07 Å². The van der Waals surface area contributed by atoms with Crippen LogP contribution in [-0.2, 0) is 6.42 Å². The summed E-state index contributed by atoms with van der Waals surface area (Å²) in [4.78, 5) is 4.27. The van der Waals surface area contributed by atoms with Crippen molar-refractivity contribution in [2.24, 2.45) is 4.99 Å². The predicted molar refractivity (Wildman–Crippen MR) is 122 cm³/mol. The lowest BCUT2D eigenvalue weighted by Gasteiger charge is -2.23. The zero-order valence-corrected chi connectivity index (χ0v) is 19.9. The summed E-state index contributed by atoms with van der Waals surface area (Å²) in [5.74, 6) is 2.77. The van der Waals surface area contributed by atoms with Gasteiger partial charge < -0.3 is 24.8 Å². The molecule has 0 aliphatic heterocycles. The topological polar surface area (TPSA) is 64.1 Å². The van der Waals surface area contributed by atoms with E-state index in [1.54, 1.807) is 28.4 Å². The first-order valence-corrected chi connectivity index (χ1v) is 9.42. The third-order valence-corrected chi connectivity index (χ3v) is 5.18. The molecule has 0 amide bonds. The van der Waals surface area contributed by atoms with E-state index in [4.69, 9.17) is 14.2 Å². The maximum atomic E-state index is 5.52. The number of nitrogens with one attached hydrogen (secondary N) is 2. The van der Waals surface area contributed by atoms with Crippen LogP contribution in [-0.4, -0.2) is 58.4 Å². The molecule has 150 valence electrons. The van der Waals surface area contributed by atoms with Gasteiger partial charge in [0.1, 0.15) is 0 Å². The van der Waals surface area contributed by atoms with Gasteiger partial charge in [0.25, 0.3) is 0 Å². The molecule has 0 saturated heterocycles. The largest absolute Gasteiger partial charge is 0.493 e. The van der Waals surface area contributed by atoms with Crippen molar-refractivity contribution in [1.29, 1.82) is 0 Å². The molecule has 1 aromatic carbocycles. The van der Waals surface area contributed by atoms with Crippen LogP contribution in [0.3, 0.4) is 0 Å². The quantitative estimate of drug-likeness (QED) is 0.311. The van der Waals surface area contributed by atoms with E-state index >= 15 is 0 Å². The fraction of sp³-hybridized carbons (Fsp3) is 0.611. The van der Waals surface area contributed by atoms with Crippen molar-refractivity contribution < 1.29 is 14.2 Å². The average molecular weight is 497 g/mol. The van der Waals surface area contributed by atoms with E-state index in [2.05, 4.69) is 35.7 Å². The van der Waals surface area contributed by atoms with Crippen LogP contribution >= 0.6 is 35.7 Å². The summed E-state index contributed by atoms with van der Waals surface area (Å²) in [5.41, 5.74) is 1.05. The summed E-state index contributed by atoms with van der Waals surface area (Å²) in [7, 11) is 6.64. The minimum absolute atomic E-state index is 0. The van der Waals surface area contributed by atoms with Crippen LogP contribution in [0.2, 0.25) is 0 Å². The normalized spacial score (nSPS) is 11.4. The molecular weight excluding hydrogens is 465 g/mol.